The Kier molecular flexibility index (Phi) is 72.9. The molecule has 1 amide bonds. The maximum absolute atomic E-state index is 12.5. The maximum Gasteiger partial charge on any atom is 0.305 e. The number of hydrogen-bond acceptors (Lipinski definition) is 5. The van der Waals surface area contributed by atoms with Crippen LogP contribution in [0.2, 0.25) is 0 Å². The number of nitrogens with one attached hydrogen (secondary N) is 1. The van der Waals surface area contributed by atoms with Gasteiger partial charge < -0.3 is 20.3 Å². The van der Waals surface area contributed by atoms with Gasteiger partial charge in [0, 0.05) is 12.8 Å². The van der Waals surface area contributed by atoms with E-state index >= 15 is 0 Å². The molecule has 0 fully saturated rings. The summed E-state index contributed by atoms with van der Waals surface area (Å²) in [5.74, 6) is -0.0415. The molecule has 0 spiro atoms. The van der Waals surface area contributed by atoms with E-state index < -0.39 is 12.1 Å². The number of allylic oxidation sites excluding steroid dienone is 5. The van der Waals surface area contributed by atoms with Gasteiger partial charge in [-0.25, -0.2) is 0 Å². The van der Waals surface area contributed by atoms with Crippen LogP contribution in [-0.4, -0.2) is 47.4 Å². The zero-order valence-corrected chi connectivity index (χ0v) is 57.6. The Labute approximate surface area is 532 Å². The number of amides is 1. The van der Waals surface area contributed by atoms with Crippen LogP contribution in [0.25, 0.3) is 0 Å². The number of hydrogen-bond donors (Lipinski definition) is 3. The van der Waals surface area contributed by atoms with E-state index in [2.05, 4.69) is 43.5 Å². The molecule has 0 aliphatic rings. The predicted octanol–water partition coefficient (Wildman–Crippen LogP) is 25.4. The summed E-state index contributed by atoms with van der Waals surface area (Å²) in [6.07, 6.45) is 96.9. The Morgan fingerprint density at radius 2 is 0.588 bits per heavy atom. The molecular formula is C79H151NO5. The Hall–Kier alpha value is -1.92. The lowest BCUT2D eigenvalue weighted by molar-refractivity contribution is -0.143. The smallest absolute Gasteiger partial charge is 0.305 e. The molecule has 2 atom stereocenters. The minimum Gasteiger partial charge on any atom is -0.466 e. The minimum absolute atomic E-state index is 0.0212. The fourth-order valence-corrected chi connectivity index (χ4v) is 12.3. The van der Waals surface area contributed by atoms with E-state index in [0.29, 0.717) is 19.4 Å². The van der Waals surface area contributed by atoms with Crippen molar-refractivity contribution in [3.05, 3.63) is 36.5 Å². The van der Waals surface area contributed by atoms with Gasteiger partial charge >= 0.3 is 5.97 Å². The normalized spacial score (nSPS) is 12.7. The van der Waals surface area contributed by atoms with Crippen molar-refractivity contribution in [3.8, 4) is 0 Å². The number of rotatable bonds is 73. The molecule has 0 aliphatic heterocycles. The number of aliphatic hydroxyl groups is 2. The van der Waals surface area contributed by atoms with E-state index in [1.807, 2.05) is 6.08 Å². The van der Waals surface area contributed by atoms with Gasteiger partial charge in [-0.2, -0.15) is 0 Å². The molecule has 0 rings (SSSR count). The summed E-state index contributed by atoms with van der Waals surface area (Å²) >= 11 is 0. The highest BCUT2D eigenvalue weighted by molar-refractivity contribution is 5.76. The molecule has 502 valence electrons. The predicted molar refractivity (Wildman–Crippen MR) is 375 cm³/mol. The molecule has 6 heteroatoms. The number of esters is 1. The monoisotopic (exact) mass is 1190 g/mol. The van der Waals surface area contributed by atoms with Gasteiger partial charge in [-0.05, 0) is 64.2 Å². The molecule has 2 unspecified atom stereocenters. The Bertz CT molecular complexity index is 1380. The molecule has 0 aromatic carbocycles. The molecule has 0 saturated heterocycles. The van der Waals surface area contributed by atoms with Crippen molar-refractivity contribution in [2.75, 3.05) is 13.2 Å². The lowest BCUT2D eigenvalue weighted by Gasteiger charge is -2.20. The summed E-state index contributed by atoms with van der Waals surface area (Å²) in [5.41, 5.74) is 0. The second-order valence-electron chi connectivity index (χ2n) is 26.7. The van der Waals surface area contributed by atoms with Crippen LogP contribution >= 0.6 is 0 Å². The van der Waals surface area contributed by atoms with Crippen molar-refractivity contribution < 1.29 is 24.5 Å². The molecule has 3 N–H and O–H groups in total. The van der Waals surface area contributed by atoms with E-state index in [1.165, 1.54) is 360 Å². The lowest BCUT2D eigenvalue weighted by atomic mass is 10.0. The van der Waals surface area contributed by atoms with E-state index in [0.717, 1.165) is 44.9 Å². The number of carbonyl (C=O) groups is 2. The highest BCUT2D eigenvalue weighted by atomic mass is 16.5. The van der Waals surface area contributed by atoms with E-state index in [9.17, 15) is 19.8 Å². The van der Waals surface area contributed by atoms with Crippen LogP contribution < -0.4 is 5.32 Å². The van der Waals surface area contributed by atoms with Crippen molar-refractivity contribution in [3.63, 3.8) is 0 Å². The third-order valence-corrected chi connectivity index (χ3v) is 18.2. The summed E-state index contributed by atoms with van der Waals surface area (Å²) in [6, 6.07) is -0.626. The van der Waals surface area contributed by atoms with Gasteiger partial charge in [0.2, 0.25) is 5.91 Å². The van der Waals surface area contributed by atoms with E-state index in [-0.39, 0.29) is 18.5 Å². The van der Waals surface area contributed by atoms with Crippen LogP contribution in [0.15, 0.2) is 36.5 Å². The van der Waals surface area contributed by atoms with Gasteiger partial charge in [-0.3, -0.25) is 9.59 Å². The highest BCUT2D eigenvalue weighted by Crippen LogP contribution is 2.19. The molecule has 0 aliphatic carbocycles. The fourth-order valence-electron chi connectivity index (χ4n) is 12.3. The Balaban J connectivity index is 3.37. The molecule has 6 nitrogen and oxygen atoms in total. The SMILES string of the molecule is CCCCCCCCCCCCCCCC/C=C/C(O)C(CO)NC(=O)CCCCCCCCCCCCCCCCCCC/C=C\C/C=C\CCCCCCCCCCCCCOC(=O)CCCCCCCCCCCCCCCCCCC. The van der Waals surface area contributed by atoms with Crippen LogP contribution in [0, 0.1) is 0 Å². The van der Waals surface area contributed by atoms with Gasteiger partial charge in [0.25, 0.3) is 0 Å². The molecule has 0 radical (unpaired) electrons. The largest absolute Gasteiger partial charge is 0.466 e. The van der Waals surface area contributed by atoms with Gasteiger partial charge in [0.15, 0.2) is 0 Å². The van der Waals surface area contributed by atoms with Crippen LogP contribution in [0.4, 0.5) is 0 Å². The number of ether oxygens (including phenoxy) is 1. The summed E-state index contributed by atoms with van der Waals surface area (Å²) in [4.78, 5) is 24.6. The average Bonchev–Trinajstić information content (AvgIpc) is 3.51. The zero-order chi connectivity index (χ0) is 61.3. The van der Waals surface area contributed by atoms with Crippen molar-refractivity contribution in [1.29, 1.82) is 0 Å². The first-order valence-corrected chi connectivity index (χ1v) is 38.8. The van der Waals surface area contributed by atoms with Gasteiger partial charge in [0.05, 0.1) is 25.4 Å². The zero-order valence-electron chi connectivity index (χ0n) is 57.6. The topological polar surface area (TPSA) is 95.9 Å². The lowest BCUT2D eigenvalue weighted by Crippen LogP contribution is -2.45. The van der Waals surface area contributed by atoms with Crippen LogP contribution in [0.5, 0.6) is 0 Å². The van der Waals surface area contributed by atoms with Crippen molar-refractivity contribution in [1.82, 2.24) is 5.32 Å². The Morgan fingerprint density at radius 3 is 0.894 bits per heavy atom. The van der Waals surface area contributed by atoms with Crippen LogP contribution in [0.1, 0.15) is 431 Å². The molecule has 0 aromatic rings. The second-order valence-corrected chi connectivity index (χ2v) is 26.7. The summed E-state index contributed by atoms with van der Waals surface area (Å²) in [7, 11) is 0. The number of unbranched alkanes of at least 4 members (excludes halogenated alkanes) is 58. The van der Waals surface area contributed by atoms with Crippen LogP contribution in [-0.2, 0) is 14.3 Å². The van der Waals surface area contributed by atoms with Crippen molar-refractivity contribution in [2.24, 2.45) is 0 Å². The van der Waals surface area contributed by atoms with Gasteiger partial charge in [-0.15, -0.1) is 0 Å². The Morgan fingerprint density at radius 1 is 0.329 bits per heavy atom. The fraction of sp³-hybridized carbons (Fsp3) is 0.899. The van der Waals surface area contributed by atoms with Gasteiger partial charge in [0.1, 0.15) is 0 Å². The standard InChI is InChI=1S/C79H151NO5/c1-3-5-7-9-11-13-15-17-19-40-45-49-53-57-61-65-69-73-79(84)85-74-70-66-62-58-54-50-46-42-39-37-35-33-31-29-27-25-23-21-22-24-26-28-30-32-34-36-38-41-44-48-52-56-60-64-68-72-78(83)80-76(75-81)77(82)71-67-63-59-55-51-47-43-20-18-16-14-12-10-8-6-4-2/h23,25,29,31,67,71,76-77,81-82H,3-22,24,26-28,30,32-66,68-70,72-75H2,1-2H3,(H,80,83)/b25-23-,31-29-,71-67+. The summed E-state index contributed by atoms with van der Waals surface area (Å²) in [5, 5.41) is 23.2. The number of aliphatic hydroxyl groups excluding tert-OH is 2. The molecule has 0 bridgehead atoms. The molecule has 85 heavy (non-hydrogen) atoms. The van der Waals surface area contributed by atoms with Gasteiger partial charge in [-0.1, -0.05) is 391 Å². The maximum atomic E-state index is 12.5. The first-order chi connectivity index (χ1) is 42.0. The molecule has 0 aromatic heterocycles. The third kappa shape index (κ3) is 71.0. The number of carbonyl (C=O) groups excluding carboxylic acids is 2. The molecular weight excluding hydrogens is 1040 g/mol. The minimum atomic E-state index is -0.843. The van der Waals surface area contributed by atoms with Crippen LogP contribution in [0.3, 0.4) is 0 Å². The summed E-state index contributed by atoms with van der Waals surface area (Å²) < 4.78 is 5.51. The van der Waals surface area contributed by atoms with Crippen molar-refractivity contribution >= 4 is 11.9 Å². The quantitative estimate of drug-likeness (QED) is 0.0320. The highest BCUT2D eigenvalue weighted by Gasteiger charge is 2.18. The summed E-state index contributed by atoms with van der Waals surface area (Å²) in [6.45, 7) is 4.95. The average molecular weight is 1200 g/mol. The van der Waals surface area contributed by atoms with E-state index in [1.54, 1.807) is 6.08 Å². The van der Waals surface area contributed by atoms with Crippen molar-refractivity contribution in [2.45, 2.75) is 443 Å². The third-order valence-electron chi connectivity index (χ3n) is 18.2. The van der Waals surface area contributed by atoms with E-state index in [4.69, 9.17) is 4.74 Å². The first kappa shape index (κ1) is 83.1. The molecule has 0 saturated carbocycles. The first-order valence-electron chi connectivity index (χ1n) is 38.8. The second kappa shape index (κ2) is 74.5. The molecule has 0 heterocycles.